The lowest BCUT2D eigenvalue weighted by atomic mass is 10.1. The Morgan fingerprint density at radius 3 is 2.95 bits per heavy atom. The monoisotopic (exact) mass is 297 g/mol. The molecule has 0 spiro atoms. The molecule has 0 bridgehead atoms. The first-order chi connectivity index (χ1) is 9.15. The zero-order chi connectivity index (χ0) is 13.8. The van der Waals surface area contributed by atoms with Gasteiger partial charge in [-0.2, -0.15) is 4.98 Å². The lowest BCUT2D eigenvalue weighted by molar-refractivity contribution is 0.0520. The van der Waals surface area contributed by atoms with Gasteiger partial charge >= 0.3 is 5.97 Å². The molecule has 1 heterocycles. The Morgan fingerprint density at radius 1 is 1.53 bits per heavy atom. The fourth-order valence-corrected chi connectivity index (χ4v) is 2.09. The second kappa shape index (κ2) is 6.12. The standard InChI is InChI=1S/C13H12ClNO3S/c1-3-17-12(16)10-11(18-13(15-10)19-2)8-5-4-6-9(14)7-8/h4-7H,3H2,1-2H3. The molecule has 0 aliphatic heterocycles. The SMILES string of the molecule is CCOC(=O)c1nc(SC)oc1-c1cccc(Cl)c1. The lowest BCUT2D eigenvalue weighted by Gasteiger charge is -2.01. The summed E-state index contributed by atoms with van der Waals surface area (Å²) in [5, 5.41) is 0.979. The van der Waals surface area contributed by atoms with Crippen LogP contribution in [0.4, 0.5) is 0 Å². The van der Waals surface area contributed by atoms with Gasteiger partial charge in [0.25, 0.3) is 5.22 Å². The highest BCUT2D eigenvalue weighted by molar-refractivity contribution is 7.98. The Labute approximate surface area is 120 Å². The average Bonchev–Trinajstić information content (AvgIpc) is 2.83. The summed E-state index contributed by atoms with van der Waals surface area (Å²) in [6.45, 7) is 2.03. The van der Waals surface area contributed by atoms with Crippen molar-refractivity contribution in [3.63, 3.8) is 0 Å². The molecule has 0 saturated carbocycles. The molecule has 2 aromatic rings. The van der Waals surface area contributed by atoms with Crippen LogP contribution in [0.1, 0.15) is 17.4 Å². The Morgan fingerprint density at radius 2 is 2.32 bits per heavy atom. The molecule has 1 aromatic heterocycles. The van der Waals surface area contributed by atoms with Crippen molar-refractivity contribution in [1.82, 2.24) is 4.98 Å². The first-order valence-corrected chi connectivity index (χ1v) is 7.23. The minimum Gasteiger partial charge on any atom is -0.461 e. The van der Waals surface area contributed by atoms with Crippen molar-refractivity contribution >= 4 is 29.3 Å². The molecule has 4 nitrogen and oxygen atoms in total. The van der Waals surface area contributed by atoms with Crippen molar-refractivity contribution in [3.8, 4) is 11.3 Å². The smallest absolute Gasteiger partial charge is 0.361 e. The van der Waals surface area contributed by atoms with Crippen LogP contribution < -0.4 is 0 Å². The van der Waals surface area contributed by atoms with Gasteiger partial charge < -0.3 is 9.15 Å². The number of aromatic nitrogens is 1. The largest absolute Gasteiger partial charge is 0.461 e. The first-order valence-electron chi connectivity index (χ1n) is 5.63. The van der Waals surface area contributed by atoms with Gasteiger partial charge in [0.15, 0.2) is 11.5 Å². The number of carbonyl (C=O) groups is 1. The summed E-state index contributed by atoms with van der Waals surface area (Å²) >= 11 is 7.26. The van der Waals surface area contributed by atoms with Gasteiger partial charge in [-0.25, -0.2) is 4.79 Å². The third-order valence-corrected chi connectivity index (χ3v) is 3.10. The molecule has 0 amide bonds. The number of hydrogen-bond acceptors (Lipinski definition) is 5. The van der Waals surface area contributed by atoms with Gasteiger partial charge in [-0.15, -0.1) is 0 Å². The van der Waals surface area contributed by atoms with Crippen molar-refractivity contribution < 1.29 is 13.9 Å². The predicted octanol–water partition coefficient (Wildman–Crippen LogP) is 3.89. The van der Waals surface area contributed by atoms with E-state index in [0.29, 0.717) is 21.6 Å². The maximum Gasteiger partial charge on any atom is 0.361 e. The van der Waals surface area contributed by atoms with Gasteiger partial charge in [-0.1, -0.05) is 35.5 Å². The lowest BCUT2D eigenvalue weighted by Crippen LogP contribution is -2.06. The van der Waals surface area contributed by atoms with E-state index in [0.717, 1.165) is 0 Å². The third kappa shape index (κ3) is 3.11. The number of hydrogen-bond donors (Lipinski definition) is 0. The molecular formula is C13H12ClNO3S. The number of ether oxygens (including phenoxy) is 1. The van der Waals surface area contributed by atoms with Crippen LogP contribution in [0.15, 0.2) is 33.9 Å². The van der Waals surface area contributed by atoms with Crippen molar-refractivity contribution in [1.29, 1.82) is 0 Å². The van der Waals surface area contributed by atoms with Crippen molar-refractivity contribution in [2.24, 2.45) is 0 Å². The average molecular weight is 298 g/mol. The summed E-state index contributed by atoms with van der Waals surface area (Å²) in [7, 11) is 0. The van der Waals surface area contributed by atoms with E-state index in [2.05, 4.69) is 4.98 Å². The highest BCUT2D eigenvalue weighted by Gasteiger charge is 2.22. The molecular weight excluding hydrogens is 286 g/mol. The van der Waals surface area contributed by atoms with E-state index >= 15 is 0 Å². The van der Waals surface area contributed by atoms with Gasteiger partial charge in [0.2, 0.25) is 0 Å². The third-order valence-electron chi connectivity index (χ3n) is 2.34. The molecule has 100 valence electrons. The molecule has 0 unspecified atom stereocenters. The Balaban J connectivity index is 2.49. The minimum absolute atomic E-state index is 0.175. The zero-order valence-corrected chi connectivity index (χ0v) is 12.0. The van der Waals surface area contributed by atoms with E-state index < -0.39 is 5.97 Å². The summed E-state index contributed by atoms with van der Waals surface area (Å²) < 4.78 is 10.5. The van der Waals surface area contributed by atoms with E-state index in [1.807, 2.05) is 6.26 Å². The number of thioether (sulfide) groups is 1. The fraction of sp³-hybridized carbons (Fsp3) is 0.231. The van der Waals surface area contributed by atoms with Crippen molar-refractivity contribution in [3.05, 3.63) is 35.0 Å². The number of rotatable bonds is 4. The van der Waals surface area contributed by atoms with Crippen LogP contribution in [0.25, 0.3) is 11.3 Å². The molecule has 0 fully saturated rings. The number of oxazole rings is 1. The van der Waals surface area contributed by atoms with Gasteiger partial charge in [0.1, 0.15) is 0 Å². The van der Waals surface area contributed by atoms with E-state index in [1.165, 1.54) is 11.8 Å². The molecule has 6 heteroatoms. The number of esters is 1. The molecule has 0 N–H and O–H groups in total. The Bertz CT molecular complexity index is 597. The quantitative estimate of drug-likeness (QED) is 0.633. The van der Waals surface area contributed by atoms with E-state index in [-0.39, 0.29) is 12.3 Å². The van der Waals surface area contributed by atoms with Crippen LogP contribution in [0.2, 0.25) is 5.02 Å². The normalized spacial score (nSPS) is 10.5. The van der Waals surface area contributed by atoms with Crippen molar-refractivity contribution in [2.45, 2.75) is 12.1 Å². The molecule has 0 aliphatic carbocycles. The molecule has 19 heavy (non-hydrogen) atoms. The van der Waals surface area contributed by atoms with Crippen LogP contribution in [0.5, 0.6) is 0 Å². The van der Waals surface area contributed by atoms with Gasteiger partial charge in [-0.05, 0) is 25.3 Å². The maximum absolute atomic E-state index is 11.9. The minimum atomic E-state index is -0.499. The number of halogens is 1. The number of nitrogens with zero attached hydrogens (tertiary/aromatic N) is 1. The molecule has 0 radical (unpaired) electrons. The molecule has 0 aliphatic rings. The van der Waals surface area contributed by atoms with E-state index in [9.17, 15) is 4.79 Å². The van der Waals surface area contributed by atoms with E-state index in [4.69, 9.17) is 20.8 Å². The fourth-order valence-electron chi connectivity index (χ4n) is 1.55. The number of carbonyl (C=O) groups excluding carboxylic acids is 1. The summed E-state index contributed by atoms with van der Waals surface area (Å²) in [4.78, 5) is 16.0. The summed E-state index contributed by atoms with van der Waals surface area (Å²) in [5.41, 5.74) is 0.872. The van der Waals surface area contributed by atoms with Crippen LogP contribution in [-0.2, 0) is 4.74 Å². The predicted molar refractivity (Wildman–Crippen MR) is 74.7 cm³/mol. The van der Waals surface area contributed by atoms with Crippen LogP contribution >= 0.6 is 23.4 Å². The molecule has 2 rings (SSSR count). The molecule has 0 atom stereocenters. The topological polar surface area (TPSA) is 52.3 Å². The summed E-state index contributed by atoms with van der Waals surface area (Å²) in [6, 6.07) is 7.06. The van der Waals surface area contributed by atoms with Crippen molar-refractivity contribution in [2.75, 3.05) is 12.9 Å². The summed E-state index contributed by atoms with van der Waals surface area (Å²) in [5.74, 6) is -0.119. The van der Waals surface area contributed by atoms with Crippen LogP contribution in [-0.4, -0.2) is 23.8 Å². The second-order valence-electron chi connectivity index (χ2n) is 3.59. The van der Waals surface area contributed by atoms with Crippen LogP contribution in [0, 0.1) is 0 Å². The maximum atomic E-state index is 11.9. The summed E-state index contributed by atoms with van der Waals surface area (Å²) in [6.07, 6.45) is 1.82. The van der Waals surface area contributed by atoms with Gasteiger partial charge in [0.05, 0.1) is 6.61 Å². The molecule has 0 saturated heterocycles. The van der Waals surface area contributed by atoms with Gasteiger partial charge in [0, 0.05) is 10.6 Å². The van der Waals surface area contributed by atoms with E-state index in [1.54, 1.807) is 31.2 Å². The highest BCUT2D eigenvalue weighted by atomic mass is 35.5. The number of benzene rings is 1. The zero-order valence-electron chi connectivity index (χ0n) is 10.5. The van der Waals surface area contributed by atoms with Gasteiger partial charge in [-0.3, -0.25) is 0 Å². The Kier molecular flexibility index (Phi) is 4.50. The highest BCUT2D eigenvalue weighted by Crippen LogP contribution is 2.30. The molecule has 1 aromatic carbocycles. The first kappa shape index (κ1) is 14.0. The van der Waals surface area contributed by atoms with Crippen LogP contribution in [0.3, 0.4) is 0 Å². The Hall–Kier alpha value is -1.46. The second-order valence-corrected chi connectivity index (χ2v) is 4.79.